The molecule has 0 heterocycles. The van der Waals surface area contributed by atoms with Crippen molar-refractivity contribution in [1.29, 1.82) is 0 Å². The normalized spacial score (nSPS) is 12.9. The zero-order chi connectivity index (χ0) is 13.4. The van der Waals surface area contributed by atoms with Gasteiger partial charge in [-0.25, -0.2) is 0 Å². The minimum Gasteiger partial charge on any atom is -0.297 e. The Kier molecular flexibility index (Phi) is 5.84. The first-order valence-electron chi connectivity index (χ1n) is 6.72. The van der Waals surface area contributed by atoms with Crippen molar-refractivity contribution in [3.63, 3.8) is 0 Å². The van der Waals surface area contributed by atoms with Gasteiger partial charge in [0.05, 0.1) is 0 Å². The molecule has 0 spiro atoms. The van der Waals surface area contributed by atoms with Gasteiger partial charge in [-0.1, -0.05) is 70.2 Å². The van der Waals surface area contributed by atoms with Crippen molar-refractivity contribution in [2.24, 2.45) is 16.3 Å². The molecule has 0 saturated heterocycles. The largest absolute Gasteiger partial charge is 0.297 e. The molecule has 0 N–H and O–H groups in total. The topological polar surface area (TPSA) is 12.4 Å². The Bertz CT molecular complexity index is 385. The summed E-state index contributed by atoms with van der Waals surface area (Å²) in [5, 5.41) is 0. The molecule has 0 bridgehead atoms. The van der Waals surface area contributed by atoms with Gasteiger partial charge in [0.1, 0.15) is 0 Å². The quantitative estimate of drug-likeness (QED) is 0.634. The summed E-state index contributed by atoms with van der Waals surface area (Å²) in [5.74, 6) is 0.636. The van der Waals surface area contributed by atoms with Gasteiger partial charge in [-0.15, -0.1) is 0 Å². The predicted molar refractivity (Wildman–Crippen MR) is 82.1 cm³/mol. The number of hydrogen-bond acceptors (Lipinski definition) is 1. The molecule has 0 saturated carbocycles. The van der Waals surface area contributed by atoms with E-state index in [2.05, 4.69) is 75.3 Å². The summed E-state index contributed by atoms with van der Waals surface area (Å²) < 4.78 is 0. The lowest BCUT2D eigenvalue weighted by Crippen LogP contribution is -2.12. The van der Waals surface area contributed by atoms with Crippen LogP contribution in [0.15, 0.2) is 41.4 Å². The van der Waals surface area contributed by atoms with E-state index >= 15 is 0 Å². The van der Waals surface area contributed by atoms with Crippen molar-refractivity contribution in [3.8, 4) is 0 Å². The molecule has 1 rings (SSSR count). The Morgan fingerprint density at radius 2 is 1.83 bits per heavy atom. The summed E-state index contributed by atoms with van der Waals surface area (Å²) in [6, 6.07) is 10.4. The number of benzene rings is 1. The lowest BCUT2D eigenvalue weighted by Gasteiger charge is -2.16. The number of nitrogens with zero attached hydrogens (tertiary/aromatic N) is 1. The van der Waals surface area contributed by atoms with E-state index in [0.717, 1.165) is 13.0 Å². The van der Waals surface area contributed by atoms with Crippen LogP contribution in [0.1, 0.15) is 39.7 Å². The van der Waals surface area contributed by atoms with Crippen LogP contribution in [0.2, 0.25) is 0 Å². The zero-order valence-electron chi connectivity index (χ0n) is 12.1. The molecule has 18 heavy (non-hydrogen) atoms. The fourth-order valence-electron chi connectivity index (χ4n) is 1.63. The van der Waals surface area contributed by atoms with Crippen molar-refractivity contribution < 1.29 is 0 Å². The monoisotopic (exact) mass is 243 g/mol. The minimum absolute atomic E-state index is 0.139. The molecule has 0 fully saturated rings. The fourth-order valence-corrected chi connectivity index (χ4v) is 1.63. The van der Waals surface area contributed by atoms with Crippen LogP contribution in [0, 0.1) is 11.3 Å². The standard InChI is InChI=1S/C17H25N/c1-15(2)13-18-14-17(3,4)12-8-11-16-9-6-5-7-10-16/h5-11,14-15H,12-13H2,1-4H3/b11-8+,18-14?. The van der Waals surface area contributed by atoms with E-state index in [4.69, 9.17) is 0 Å². The van der Waals surface area contributed by atoms with Crippen molar-refractivity contribution in [2.75, 3.05) is 6.54 Å². The molecule has 0 amide bonds. The van der Waals surface area contributed by atoms with Gasteiger partial charge < -0.3 is 0 Å². The molecule has 1 aromatic carbocycles. The Morgan fingerprint density at radius 3 is 2.44 bits per heavy atom. The summed E-state index contributed by atoms with van der Waals surface area (Å²) in [4.78, 5) is 4.51. The van der Waals surface area contributed by atoms with Gasteiger partial charge in [0.25, 0.3) is 0 Å². The van der Waals surface area contributed by atoms with Crippen LogP contribution in [-0.4, -0.2) is 12.8 Å². The highest BCUT2D eigenvalue weighted by Gasteiger charge is 2.12. The van der Waals surface area contributed by atoms with Crippen LogP contribution in [0.4, 0.5) is 0 Å². The van der Waals surface area contributed by atoms with Crippen LogP contribution < -0.4 is 0 Å². The van der Waals surface area contributed by atoms with Crippen LogP contribution in [0.5, 0.6) is 0 Å². The maximum Gasteiger partial charge on any atom is 0.0408 e. The minimum atomic E-state index is 0.139. The second-order valence-corrected chi connectivity index (χ2v) is 5.89. The third-order valence-electron chi connectivity index (χ3n) is 2.67. The molecular weight excluding hydrogens is 218 g/mol. The summed E-state index contributed by atoms with van der Waals surface area (Å²) in [5.41, 5.74) is 1.40. The molecule has 98 valence electrons. The van der Waals surface area contributed by atoms with Crippen molar-refractivity contribution in [3.05, 3.63) is 42.0 Å². The number of allylic oxidation sites excluding steroid dienone is 1. The van der Waals surface area contributed by atoms with Gasteiger partial charge in [-0.2, -0.15) is 0 Å². The van der Waals surface area contributed by atoms with E-state index < -0.39 is 0 Å². The molecule has 0 atom stereocenters. The van der Waals surface area contributed by atoms with E-state index in [1.54, 1.807) is 0 Å². The molecule has 1 heteroatoms. The highest BCUT2D eigenvalue weighted by atomic mass is 14.7. The van der Waals surface area contributed by atoms with E-state index in [1.807, 2.05) is 6.07 Å². The average Bonchev–Trinajstić information content (AvgIpc) is 2.29. The average molecular weight is 243 g/mol. The third kappa shape index (κ3) is 6.39. The maximum absolute atomic E-state index is 4.51. The predicted octanol–water partition coefficient (Wildman–Crippen LogP) is 4.84. The van der Waals surface area contributed by atoms with E-state index in [1.165, 1.54) is 5.56 Å². The van der Waals surface area contributed by atoms with Gasteiger partial charge >= 0.3 is 0 Å². The molecule has 0 aliphatic carbocycles. The lowest BCUT2D eigenvalue weighted by atomic mass is 9.90. The SMILES string of the molecule is CC(C)CN=CC(C)(C)C/C=C/c1ccccc1. The van der Waals surface area contributed by atoms with Crippen molar-refractivity contribution >= 4 is 12.3 Å². The van der Waals surface area contributed by atoms with E-state index in [-0.39, 0.29) is 5.41 Å². The van der Waals surface area contributed by atoms with Crippen LogP contribution in [-0.2, 0) is 0 Å². The summed E-state index contributed by atoms with van der Waals surface area (Å²) >= 11 is 0. The molecule has 0 unspecified atom stereocenters. The summed E-state index contributed by atoms with van der Waals surface area (Å²) in [6.45, 7) is 9.77. The molecular formula is C17H25N. The van der Waals surface area contributed by atoms with E-state index in [9.17, 15) is 0 Å². The van der Waals surface area contributed by atoms with Crippen LogP contribution in [0.25, 0.3) is 6.08 Å². The van der Waals surface area contributed by atoms with Gasteiger partial charge in [0, 0.05) is 18.2 Å². The zero-order valence-corrected chi connectivity index (χ0v) is 12.1. The maximum atomic E-state index is 4.51. The number of rotatable bonds is 6. The number of aliphatic imine (C=N–C) groups is 1. The summed E-state index contributed by atoms with van der Waals surface area (Å²) in [6.07, 6.45) is 7.53. The molecule has 0 aromatic heterocycles. The van der Waals surface area contributed by atoms with Gasteiger partial charge in [-0.05, 0) is 17.9 Å². The smallest absolute Gasteiger partial charge is 0.0408 e. The summed E-state index contributed by atoms with van der Waals surface area (Å²) in [7, 11) is 0. The highest BCUT2D eigenvalue weighted by Crippen LogP contribution is 2.19. The Labute approximate surface area is 112 Å². The molecule has 0 aliphatic heterocycles. The molecule has 1 aromatic rings. The molecule has 0 radical (unpaired) electrons. The third-order valence-corrected chi connectivity index (χ3v) is 2.67. The van der Waals surface area contributed by atoms with E-state index in [0.29, 0.717) is 5.92 Å². The van der Waals surface area contributed by atoms with Gasteiger partial charge in [0.15, 0.2) is 0 Å². The highest BCUT2D eigenvalue weighted by molar-refractivity contribution is 5.65. The second-order valence-electron chi connectivity index (χ2n) is 5.89. The molecule has 0 aliphatic rings. The second kappa shape index (κ2) is 7.15. The first-order chi connectivity index (χ1) is 8.49. The Morgan fingerprint density at radius 1 is 1.17 bits per heavy atom. The van der Waals surface area contributed by atoms with Crippen LogP contribution in [0.3, 0.4) is 0 Å². The van der Waals surface area contributed by atoms with Crippen molar-refractivity contribution in [1.82, 2.24) is 0 Å². The Hall–Kier alpha value is -1.37. The van der Waals surface area contributed by atoms with Gasteiger partial charge in [-0.3, -0.25) is 4.99 Å². The van der Waals surface area contributed by atoms with Crippen molar-refractivity contribution in [2.45, 2.75) is 34.1 Å². The van der Waals surface area contributed by atoms with Crippen LogP contribution >= 0.6 is 0 Å². The first kappa shape index (κ1) is 14.7. The van der Waals surface area contributed by atoms with Gasteiger partial charge in [0.2, 0.25) is 0 Å². The number of hydrogen-bond donors (Lipinski definition) is 0. The fraction of sp³-hybridized carbons (Fsp3) is 0.471. The Balaban J connectivity index is 2.46. The molecule has 1 nitrogen and oxygen atoms in total. The first-order valence-corrected chi connectivity index (χ1v) is 6.72. The lowest BCUT2D eigenvalue weighted by molar-refractivity contribution is 0.541.